The van der Waals surface area contributed by atoms with E-state index < -0.39 is 51.8 Å². The van der Waals surface area contributed by atoms with Crippen LogP contribution >= 0.6 is 7.82 Å². The SMILES string of the molecule is CC/C=C\C/C=C\C/C=C\C/C=C\CCCCCCCCCCCCC(=O)OC(COC(=O)CCCCCCCCCCCCCCCCCC)COP(=O)(O)OCC(O)CO. The maximum absolute atomic E-state index is 12.7. The van der Waals surface area contributed by atoms with E-state index in [1.54, 1.807) is 0 Å². The minimum atomic E-state index is -4.62. The number of esters is 2. The molecule has 0 rings (SSSR count). The van der Waals surface area contributed by atoms with Crippen molar-refractivity contribution in [1.82, 2.24) is 0 Å². The lowest BCUT2D eigenvalue weighted by Crippen LogP contribution is -2.29. The van der Waals surface area contributed by atoms with E-state index in [4.69, 9.17) is 23.6 Å². The second kappa shape index (κ2) is 46.9. The summed E-state index contributed by atoms with van der Waals surface area (Å²) in [4.78, 5) is 35.2. The molecule has 0 saturated heterocycles. The topological polar surface area (TPSA) is 149 Å². The minimum absolute atomic E-state index is 0.179. The first-order valence-corrected chi connectivity index (χ1v) is 26.6. The Morgan fingerprint density at radius 3 is 1.34 bits per heavy atom. The van der Waals surface area contributed by atoms with Crippen LogP contribution in [-0.4, -0.2) is 65.7 Å². The van der Waals surface area contributed by atoms with Gasteiger partial charge in [0.2, 0.25) is 0 Å². The van der Waals surface area contributed by atoms with E-state index in [1.807, 2.05) is 0 Å². The zero-order valence-electron chi connectivity index (χ0n) is 39.6. The Morgan fingerprint density at radius 1 is 0.500 bits per heavy atom. The molecule has 10 nitrogen and oxygen atoms in total. The van der Waals surface area contributed by atoms with Crippen LogP contribution in [0.25, 0.3) is 0 Å². The molecule has 0 fully saturated rings. The molecular formula is C51H93O10P. The zero-order chi connectivity index (χ0) is 45.5. The molecule has 0 aromatic heterocycles. The lowest BCUT2D eigenvalue weighted by atomic mass is 10.0. The van der Waals surface area contributed by atoms with Crippen LogP contribution in [0, 0.1) is 0 Å². The molecule has 0 aromatic carbocycles. The quantitative estimate of drug-likeness (QED) is 0.0233. The fraction of sp³-hybridized carbons (Fsp3) is 0.804. The van der Waals surface area contributed by atoms with Crippen molar-refractivity contribution in [1.29, 1.82) is 0 Å². The average Bonchev–Trinajstić information content (AvgIpc) is 3.26. The van der Waals surface area contributed by atoms with Gasteiger partial charge >= 0.3 is 19.8 Å². The molecule has 0 amide bonds. The third-order valence-corrected chi connectivity index (χ3v) is 11.7. The Balaban J connectivity index is 4.18. The van der Waals surface area contributed by atoms with Crippen molar-refractivity contribution >= 4 is 19.8 Å². The first kappa shape index (κ1) is 59.9. The van der Waals surface area contributed by atoms with Crippen molar-refractivity contribution < 1.29 is 47.8 Å². The number of phosphoric ester groups is 1. The number of unbranched alkanes of at least 4 members (excludes halogenated alkanes) is 25. The maximum Gasteiger partial charge on any atom is 0.472 e. The normalized spacial score (nSPS) is 14.1. The molecule has 362 valence electrons. The molecular weight excluding hydrogens is 804 g/mol. The fourth-order valence-electron chi connectivity index (χ4n) is 6.93. The third kappa shape index (κ3) is 45.9. The summed E-state index contributed by atoms with van der Waals surface area (Å²) < 4.78 is 32.9. The Morgan fingerprint density at radius 2 is 0.887 bits per heavy atom. The predicted octanol–water partition coefficient (Wildman–Crippen LogP) is 14.1. The smallest absolute Gasteiger partial charge is 0.462 e. The number of hydrogen-bond donors (Lipinski definition) is 3. The van der Waals surface area contributed by atoms with Gasteiger partial charge in [0, 0.05) is 12.8 Å². The zero-order valence-corrected chi connectivity index (χ0v) is 40.5. The molecule has 0 heterocycles. The van der Waals surface area contributed by atoms with Crippen molar-refractivity contribution in [3.05, 3.63) is 48.6 Å². The van der Waals surface area contributed by atoms with E-state index in [-0.39, 0.29) is 19.4 Å². The van der Waals surface area contributed by atoms with E-state index in [0.717, 1.165) is 70.6 Å². The Bertz CT molecular complexity index is 1170. The fourth-order valence-corrected chi connectivity index (χ4v) is 7.72. The number of phosphoric acid groups is 1. The van der Waals surface area contributed by atoms with Crippen LogP contribution in [0.3, 0.4) is 0 Å². The molecule has 0 radical (unpaired) electrons. The Hall–Kier alpha value is -2.07. The van der Waals surface area contributed by atoms with Gasteiger partial charge in [0.1, 0.15) is 12.7 Å². The average molecular weight is 897 g/mol. The van der Waals surface area contributed by atoms with Crippen molar-refractivity contribution in [2.24, 2.45) is 0 Å². The molecule has 62 heavy (non-hydrogen) atoms. The largest absolute Gasteiger partial charge is 0.472 e. The molecule has 0 aliphatic carbocycles. The molecule has 0 aliphatic rings. The van der Waals surface area contributed by atoms with E-state index in [2.05, 4.69) is 62.5 Å². The van der Waals surface area contributed by atoms with E-state index in [9.17, 15) is 24.2 Å². The van der Waals surface area contributed by atoms with Crippen LogP contribution in [0.1, 0.15) is 226 Å². The van der Waals surface area contributed by atoms with Crippen LogP contribution in [-0.2, 0) is 32.7 Å². The lowest BCUT2D eigenvalue weighted by molar-refractivity contribution is -0.161. The molecule has 3 atom stereocenters. The van der Waals surface area contributed by atoms with Gasteiger partial charge in [-0.2, -0.15) is 0 Å². The number of aliphatic hydroxyl groups excluding tert-OH is 2. The predicted molar refractivity (Wildman–Crippen MR) is 256 cm³/mol. The van der Waals surface area contributed by atoms with Crippen molar-refractivity contribution in [2.45, 2.75) is 238 Å². The number of aliphatic hydroxyl groups is 2. The van der Waals surface area contributed by atoms with Crippen LogP contribution < -0.4 is 0 Å². The van der Waals surface area contributed by atoms with Gasteiger partial charge in [0.25, 0.3) is 0 Å². The molecule has 3 unspecified atom stereocenters. The second-order valence-electron chi connectivity index (χ2n) is 16.8. The third-order valence-electron chi connectivity index (χ3n) is 10.7. The molecule has 11 heteroatoms. The van der Waals surface area contributed by atoms with Gasteiger partial charge < -0.3 is 24.6 Å². The number of ether oxygens (including phenoxy) is 2. The number of allylic oxidation sites excluding steroid dienone is 8. The number of hydrogen-bond acceptors (Lipinski definition) is 9. The van der Waals surface area contributed by atoms with E-state index >= 15 is 0 Å². The molecule has 0 aliphatic heterocycles. The van der Waals surface area contributed by atoms with Gasteiger partial charge in [-0.25, -0.2) is 4.57 Å². The highest BCUT2D eigenvalue weighted by atomic mass is 31.2. The summed E-state index contributed by atoms with van der Waals surface area (Å²) in [6.07, 6.45) is 52.2. The summed E-state index contributed by atoms with van der Waals surface area (Å²) >= 11 is 0. The summed E-state index contributed by atoms with van der Waals surface area (Å²) in [6.45, 7) is 2.30. The standard InChI is InChI=1S/C51H93O10P/c1-3-5-7-9-11-13-15-17-19-21-22-23-24-25-26-27-29-31-33-35-37-39-41-43-51(55)61-49(47-60-62(56,57)59-45-48(53)44-52)46-58-50(54)42-40-38-36-34-32-30-28-20-18-16-14-12-10-8-6-4-2/h5,7,11,13,17,19,22-23,48-49,52-53H,3-4,6,8-10,12,14-16,18,20-21,24-47H2,1-2H3,(H,56,57)/b7-5-,13-11-,19-17-,23-22-. The van der Waals surface area contributed by atoms with Crippen molar-refractivity contribution in [3.8, 4) is 0 Å². The Labute approximate surface area is 379 Å². The number of carbonyl (C=O) groups excluding carboxylic acids is 2. The second-order valence-corrected chi connectivity index (χ2v) is 18.3. The molecule has 0 saturated carbocycles. The van der Waals surface area contributed by atoms with Gasteiger partial charge in [-0.05, 0) is 51.4 Å². The molecule has 0 spiro atoms. The van der Waals surface area contributed by atoms with Crippen LogP contribution in [0.4, 0.5) is 0 Å². The Kier molecular flexibility index (Phi) is 45.3. The van der Waals surface area contributed by atoms with Gasteiger partial charge in [0.15, 0.2) is 6.10 Å². The van der Waals surface area contributed by atoms with Gasteiger partial charge in [0.05, 0.1) is 19.8 Å². The number of rotatable bonds is 47. The van der Waals surface area contributed by atoms with Crippen molar-refractivity contribution in [3.63, 3.8) is 0 Å². The molecule has 0 aromatic rings. The maximum atomic E-state index is 12.7. The van der Waals surface area contributed by atoms with Gasteiger partial charge in [-0.1, -0.05) is 210 Å². The highest BCUT2D eigenvalue weighted by Crippen LogP contribution is 2.43. The van der Waals surface area contributed by atoms with E-state index in [0.29, 0.717) is 12.8 Å². The highest BCUT2D eigenvalue weighted by Gasteiger charge is 2.27. The summed E-state index contributed by atoms with van der Waals surface area (Å²) in [5.41, 5.74) is 0. The summed E-state index contributed by atoms with van der Waals surface area (Å²) in [5, 5.41) is 18.4. The first-order valence-electron chi connectivity index (χ1n) is 25.1. The highest BCUT2D eigenvalue weighted by molar-refractivity contribution is 7.47. The molecule has 0 bridgehead atoms. The van der Waals surface area contributed by atoms with Gasteiger partial charge in [-0.15, -0.1) is 0 Å². The summed E-state index contributed by atoms with van der Waals surface area (Å²) in [6, 6.07) is 0. The summed E-state index contributed by atoms with van der Waals surface area (Å²) in [5.74, 6) is -0.921. The lowest BCUT2D eigenvalue weighted by Gasteiger charge is -2.20. The van der Waals surface area contributed by atoms with Gasteiger partial charge in [-0.3, -0.25) is 18.6 Å². The monoisotopic (exact) mass is 897 g/mol. The summed E-state index contributed by atoms with van der Waals surface area (Å²) in [7, 11) is -4.62. The number of carbonyl (C=O) groups is 2. The van der Waals surface area contributed by atoms with Crippen LogP contribution in [0.15, 0.2) is 48.6 Å². The van der Waals surface area contributed by atoms with Crippen LogP contribution in [0.2, 0.25) is 0 Å². The van der Waals surface area contributed by atoms with E-state index in [1.165, 1.54) is 116 Å². The first-order chi connectivity index (χ1) is 30.2. The minimum Gasteiger partial charge on any atom is -0.462 e. The van der Waals surface area contributed by atoms with Crippen molar-refractivity contribution in [2.75, 3.05) is 26.4 Å². The van der Waals surface area contributed by atoms with Crippen LogP contribution in [0.5, 0.6) is 0 Å². The molecule has 3 N–H and O–H groups in total.